The molecular formula is C6H15ClMgOSi. The molecule has 0 saturated carbocycles. The summed E-state index contributed by atoms with van der Waals surface area (Å²) in [5, 5.41) is 0. The topological polar surface area (TPSA) is 9.23 Å². The highest BCUT2D eigenvalue weighted by Crippen LogP contribution is 2.10. The van der Waals surface area contributed by atoms with Crippen LogP contribution in [0.5, 0.6) is 0 Å². The molecule has 10 heavy (non-hydrogen) atoms. The Bertz CT molecular complexity index is 89.8. The first kappa shape index (κ1) is 11.2. The molecule has 0 aliphatic rings. The van der Waals surface area contributed by atoms with E-state index in [2.05, 4.69) is 20.0 Å². The zero-order valence-electron chi connectivity index (χ0n) is 7.11. The van der Waals surface area contributed by atoms with Crippen LogP contribution in [-0.4, -0.2) is 34.2 Å². The summed E-state index contributed by atoms with van der Waals surface area (Å²) in [4.78, 5) is 0. The van der Waals surface area contributed by atoms with Crippen molar-refractivity contribution in [3.8, 4) is 0 Å². The van der Waals surface area contributed by atoms with Crippen LogP contribution in [-0.2, 0) is 4.43 Å². The van der Waals surface area contributed by atoms with E-state index in [0.29, 0.717) is 0 Å². The average Bonchev–Trinajstić information content (AvgIpc) is 1.84. The summed E-state index contributed by atoms with van der Waals surface area (Å²) in [6, 6.07) is 0. The van der Waals surface area contributed by atoms with Crippen LogP contribution in [0.2, 0.25) is 17.3 Å². The Labute approximate surface area is 78.1 Å². The zero-order chi connectivity index (χ0) is 8.04. The number of halogens is 1. The Hall–Kier alpha value is 1.23. The van der Waals surface area contributed by atoms with Gasteiger partial charge in [-0.25, -0.2) is 0 Å². The van der Waals surface area contributed by atoms with Gasteiger partial charge in [-0.15, -0.1) is 4.17 Å². The fraction of sp³-hybridized carbons (Fsp3) is 1.00. The van der Waals surface area contributed by atoms with Crippen LogP contribution in [0, 0.1) is 0 Å². The van der Waals surface area contributed by atoms with E-state index in [1.54, 1.807) is 0 Å². The molecule has 0 N–H and O–H groups in total. The lowest BCUT2D eigenvalue weighted by Crippen LogP contribution is -2.31. The molecule has 0 aromatic heterocycles. The van der Waals surface area contributed by atoms with E-state index < -0.39 is 8.32 Å². The van der Waals surface area contributed by atoms with Gasteiger partial charge in [-0.3, -0.25) is 0 Å². The van der Waals surface area contributed by atoms with E-state index in [1.807, 2.05) is 0 Å². The number of hydrogen-bond acceptors (Lipinski definition) is 1. The maximum atomic E-state index is 5.76. The monoisotopic (exact) mass is 190 g/mol. The molecule has 0 spiro atoms. The molecule has 0 heterocycles. The normalized spacial score (nSPS) is 11.2. The van der Waals surface area contributed by atoms with Crippen molar-refractivity contribution in [3.05, 3.63) is 0 Å². The van der Waals surface area contributed by atoms with Gasteiger partial charge in [-0.05, 0) is 19.5 Å². The number of hydrogen-bond donors (Lipinski definition) is 0. The fourth-order valence-corrected chi connectivity index (χ4v) is 7.93. The van der Waals surface area contributed by atoms with E-state index in [0.717, 1.165) is 13.0 Å². The minimum absolute atomic E-state index is 0.309. The Morgan fingerprint density at radius 1 is 1.50 bits per heavy atom. The zero-order valence-corrected chi connectivity index (χ0v) is 10.3. The highest BCUT2D eigenvalue weighted by molar-refractivity contribution is 7.00. The fourth-order valence-electron chi connectivity index (χ4n) is 0.678. The molecule has 4 heteroatoms. The van der Waals surface area contributed by atoms with Crippen molar-refractivity contribution >= 4 is 36.7 Å². The molecule has 0 aromatic rings. The Morgan fingerprint density at radius 2 is 2.10 bits per heavy atom. The summed E-state index contributed by atoms with van der Waals surface area (Å²) in [6.45, 7) is 7.56. The summed E-state index contributed by atoms with van der Waals surface area (Å²) < 4.78 is 6.91. The van der Waals surface area contributed by atoms with E-state index in [-0.39, 0.29) is 19.3 Å². The van der Waals surface area contributed by atoms with Crippen molar-refractivity contribution in [2.24, 2.45) is 0 Å². The highest BCUT2D eigenvalue weighted by atomic mass is 35.5. The lowest BCUT2D eigenvalue weighted by molar-refractivity contribution is 0.310. The molecule has 0 aromatic carbocycles. The second kappa shape index (κ2) is 5.83. The Balaban J connectivity index is 3.42. The summed E-state index contributed by atoms with van der Waals surface area (Å²) in [5.41, 5.74) is 0. The molecule has 0 radical (unpaired) electrons. The van der Waals surface area contributed by atoms with Gasteiger partial charge in [0.2, 0.25) is 0 Å². The molecule has 1 nitrogen and oxygen atoms in total. The molecule has 58 valence electrons. The largest absolute Gasteiger partial charge is 0.500 e. The quantitative estimate of drug-likeness (QED) is 0.606. The first-order chi connectivity index (χ1) is 4.62. The Morgan fingerprint density at radius 3 is 2.50 bits per heavy atom. The van der Waals surface area contributed by atoms with Crippen LogP contribution in [0.4, 0.5) is 0 Å². The third-order valence-corrected chi connectivity index (χ3v) is 9.65. The summed E-state index contributed by atoms with van der Waals surface area (Å²) >= 11 is -0.309. The SMILES string of the molecule is CCCO[Si](C)(C)[CH2][Mg][Cl]. The van der Waals surface area contributed by atoms with Gasteiger partial charge in [-0.1, -0.05) is 6.92 Å². The standard InChI is InChI=1S/C6H15OSi.ClH.Mg/c1-5-6-7-8(2,3)4;;/h2,5-6H2,1,3-4H3;1H;/q;;+1/p-1. The van der Waals surface area contributed by atoms with E-state index >= 15 is 0 Å². The van der Waals surface area contributed by atoms with Crippen LogP contribution in [0.15, 0.2) is 0 Å². The van der Waals surface area contributed by atoms with Gasteiger partial charge < -0.3 is 13.5 Å². The minimum Gasteiger partial charge on any atom is -0.420 e. The lowest BCUT2D eigenvalue weighted by Gasteiger charge is -2.21. The molecule has 0 amide bonds. The van der Waals surface area contributed by atoms with Gasteiger partial charge in [0.05, 0.1) is 0 Å². The second-order valence-electron chi connectivity index (χ2n) is 3.05. The molecule has 0 fully saturated rings. The van der Waals surface area contributed by atoms with Crippen LogP contribution < -0.4 is 0 Å². The third kappa shape index (κ3) is 5.98. The summed E-state index contributed by atoms with van der Waals surface area (Å²) in [5.74, 6) is 0. The van der Waals surface area contributed by atoms with E-state index in [1.165, 1.54) is 4.17 Å². The Kier molecular flexibility index (Phi) is 6.55. The first-order valence-electron chi connectivity index (χ1n) is 3.82. The molecule has 0 unspecified atom stereocenters. The first-order valence-corrected chi connectivity index (χ1v) is 10.1. The van der Waals surface area contributed by atoms with Crippen molar-refractivity contribution in [2.45, 2.75) is 30.6 Å². The van der Waals surface area contributed by atoms with Gasteiger partial charge >= 0.3 is 19.3 Å². The van der Waals surface area contributed by atoms with Crippen LogP contribution in [0.3, 0.4) is 0 Å². The maximum absolute atomic E-state index is 5.76. The second-order valence-corrected chi connectivity index (χ2v) is 10.4. The van der Waals surface area contributed by atoms with Gasteiger partial charge in [0.1, 0.15) is 0 Å². The molecular weight excluding hydrogens is 176 g/mol. The minimum atomic E-state index is -1.29. The van der Waals surface area contributed by atoms with Gasteiger partial charge in [0, 0.05) is 6.61 Å². The summed E-state index contributed by atoms with van der Waals surface area (Å²) in [6.07, 6.45) is 1.13. The molecule has 0 rings (SSSR count). The van der Waals surface area contributed by atoms with E-state index in [4.69, 9.17) is 13.5 Å². The highest BCUT2D eigenvalue weighted by Gasteiger charge is 2.21. The number of rotatable bonds is 5. The average molecular weight is 191 g/mol. The molecule has 0 aliphatic heterocycles. The molecule has 0 saturated heterocycles. The van der Waals surface area contributed by atoms with Gasteiger partial charge in [-0.2, -0.15) is 0 Å². The van der Waals surface area contributed by atoms with Crippen LogP contribution in [0.25, 0.3) is 0 Å². The molecule has 0 aliphatic carbocycles. The molecule has 0 atom stereocenters. The third-order valence-electron chi connectivity index (χ3n) is 1.39. The van der Waals surface area contributed by atoms with Crippen molar-refractivity contribution in [2.75, 3.05) is 6.61 Å². The predicted octanol–water partition coefficient (Wildman–Crippen LogP) is 2.43. The van der Waals surface area contributed by atoms with Crippen molar-refractivity contribution < 1.29 is 4.43 Å². The van der Waals surface area contributed by atoms with Crippen LogP contribution in [0.1, 0.15) is 13.3 Å². The van der Waals surface area contributed by atoms with Crippen molar-refractivity contribution in [3.63, 3.8) is 0 Å². The van der Waals surface area contributed by atoms with Gasteiger partial charge in [0.25, 0.3) is 0 Å². The molecule has 0 bridgehead atoms. The lowest BCUT2D eigenvalue weighted by atomic mass is 10.5. The predicted molar refractivity (Wildman–Crippen MR) is 50.1 cm³/mol. The van der Waals surface area contributed by atoms with Gasteiger partial charge in [0.15, 0.2) is 8.32 Å². The van der Waals surface area contributed by atoms with Crippen molar-refractivity contribution in [1.29, 1.82) is 0 Å². The smallest absolute Gasteiger partial charge is 0.420 e. The van der Waals surface area contributed by atoms with Crippen LogP contribution >= 0.6 is 9.07 Å². The maximum Gasteiger partial charge on any atom is 0.500 e. The van der Waals surface area contributed by atoms with Crippen molar-refractivity contribution in [1.82, 2.24) is 0 Å². The van der Waals surface area contributed by atoms with E-state index in [9.17, 15) is 0 Å². The summed E-state index contributed by atoms with van der Waals surface area (Å²) in [7, 11) is 4.46.